The third kappa shape index (κ3) is 2.49. The molecule has 3 rings (SSSR count). The van der Waals surface area contributed by atoms with Gasteiger partial charge in [-0.3, -0.25) is 0 Å². The van der Waals surface area contributed by atoms with Gasteiger partial charge in [0, 0.05) is 18.7 Å². The lowest BCUT2D eigenvalue weighted by molar-refractivity contribution is 0.544. The van der Waals surface area contributed by atoms with Gasteiger partial charge < -0.3 is 5.32 Å². The van der Waals surface area contributed by atoms with Crippen LogP contribution in [0, 0.1) is 0 Å². The van der Waals surface area contributed by atoms with Crippen molar-refractivity contribution in [2.45, 2.75) is 57.4 Å². The number of rotatable bonds is 1. The summed E-state index contributed by atoms with van der Waals surface area (Å²) in [6.45, 7) is 2.00. The summed E-state index contributed by atoms with van der Waals surface area (Å²) < 4.78 is 0. The first kappa shape index (κ1) is 11.1. The van der Waals surface area contributed by atoms with Crippen LogP contribution in [0.4, 0.5) is 0 Å². The third-order valence-electron chi connectivity index (χ3n) is 4.06. The van der Waals surface area contributed by atoms with Crippen LogP contribution < -0.4 is 5.32 Å². The Labute approximate surface area is 103 Å². The smallest absolute Gasteiger partial charge is 0.131 e. The summed E-state index contributed by atoms with van der Waals surface area (Å²) in [6.07, 6.45) is 11.2. The Morgan fingerprint density at radius 1 is 1.12 bits per heavy atom. The van der Waals surface area contributed by atoms with E-state index in [0.717, 1.165) is 25.3 Å². The summed E-state index contributed by atoms with van der Waals surface area (Å²) >= 11 is 0. The summed E-state index contributed by atoms with van der Waals surface area (Å²) in [5, 5.41) is 3.39. The van der Waals surface area contributed by atoms with Crippen LogP contribution in [-0.2, 0) is 13.0 Å². The molecule has 1 aliphatic heterocycles. The largest absolute Gasteiger partial charge is 0.311 e. The van der Waals surface area contributed by atoms with Crippen LogP contribution in [0.1, 0.15) is 61.5 Å². The monoisotopic (exact) mass is 231 g/mol. The van der Waals surface area contributed by atoms with Crippen molar-refractivity contribution in [1.82, 2.24) is 15.3 Å². The molecule has 0 amide bonds. The highest BCUT2D eigenvalue weighted by molar-refractivity contribution is 5.21. The number of fused-ring (bicyclic) bond motifs is 1. The molecule has 1 N–H and O–H groups in total. The molecule has 0 saturated heterocycles. The van der Waals surface area contributed by atoms with Crippen molar-refractivity contribution in [3.63, 3.8) is 0 Å². The number of nitrogens with zero attached hydrogens (tertiary/aromatic N) is 2. The molecule has 92 valence electrons. The molecular weight excluding hydrogens is 210 g/mol. The van der Waals surface area contributed by atoms with E-state index in [2.05, 4.69) is 16.5 Å². The highest BCUT2D eigenvalue weighted by atomic mass is 15.0. The molecule has 0 spiro atoms. The van der Waals surface area contributed by atoms with Gasteiger partial charge in [-0.2, -0.15) is 0 Å². The van der Waals surface area contributed by atoms with Crippen molar-refractivity contribution in [3.8, 4) is 0 Å². The van der Waals surface area contributed by atoms with Gasteiger partial charge in [-0.05, 0) is 31.4 Å². The SMILES string of the molecule is c1nc(C2CCCCCC2)nc2c1CCNC2. The molecule has 0 bridgehead atoms. The Kier molecular flexibility index (Phi) is 3.36. The molecule has 1 fully saturated rings. The van der Waals surface area contributed by atoms with Gasteiger partial charge in [-0.15, -0.1) is 0 Å². The maximum Gasteiger partial charge on any atom is 0.131 e. The van der Waals surface area contributed by atoms with Gasteiger partial charge in [0.25, 0.3) is 0 Å². The Balaban J connectivity index is 1.82. The van der Waals surface area contributed by atoms with Crippen LogP contribution in [0.25, 0.3) is 0 Å². The van der Waals surface area contributed by atoms with Gasteiger partial charge in [0.2, 0.25) is 0 Å². The predicted octanol–water partition coefficient (Wildman–Crippen LogP) is 2.56. The number of hydrogen-bond acceptors (Lipinski definition) is 3. The molecule has 0 aromatic carbocycles. The van der Waals surface area contributed by atoms with Crippen molar-refractivity contribution in [3.05, 3.63) is 23.3 Å². The Hall–Kier alpha value is -0.960. The van der Waals surface area contributed by atoms with E-state index in [4.69, 9.17) is 4.98 Å². The van der Waals surface area contributed by atoms with Crippen molar-refractivity contribution < 1.29 is 0 Å². The minimum Gasteiger partial charge on any atom is -0.311 e. The number of nitrogens with one attached hydrogen (secondary N) is 1. The average molecular weight is 231 g/mol. The minimum atomic E-state index is 0.615. The van der Waals surface area contributed by atoms with Crippen molar-refractivity contribution in [2.75, 3.05) is 6.54 Å². The van der Waals surface area contributed by atoms with Gasteiger partial charge in [-0.25, -0.2) is 9.97 Å². The lowest BCUT2D eigenvalue weighted by Crippen LogP contribution is -2.25. The minimum absolute atomic E-state index is 0.615. The molecule has 1 saturated carbocycles. The van der Waals surface area contributed by atoms with E-state index in [0.29, 0.717) is 5.92 Å². The molecule has 2 aliphatic rings. The summed E-state index contributed by atoms with van der Waals surface area (Å²) in [4.78, 5) is 9.42. The molecule has 0 unspecified atom stereocenters. The Morgan fingerprint density at radius 2 is 1.94 bits per heavy atom. The molecule has 1 aliphatic carbocycles. The third-order valence-corrected chi connectivity index (χ3v) is 4.06. The Morgan fingerprint density at radius 3 is 2.76 bits per heavy atom. The molecule has 1 aromatic rings. The average Bonchev–Trinajstić information content (AvgIpc) is 2.67. The predicted molar refractivity (Wildman–Crippen MR) is 67.9 cm³/mol. The fraction of sp³-hybridized carbons (Fsp3) is 0.714. The number of aromatic nitrogens is 2. The first-order chi connectivity index (χ1) is 8.43. The van der Waals surface area contributed by atoms with E-state index >= 15 is 0 Å². The molecule has 3 nitrogen and oxygen atoms in total. The van der Waals surface area contributed by atoms with E-state index in [1.807, 2.05) is 0 Å². The molecule has 3 heteroatoms. The fourth-order valence-corrected chi connectivity index (χ4v) is 2.98. The quantitative estimate of drug-likeness (QED) is 0.755. The second-order valence-corrected chi connectivity index (χ2v) is 5.32. The van der Waals surface area contributed by atoms with E-state index in [1.54, 1.807) is 0 Å². The van der Waals surface area contributed by atoms with Crippen LogP contribution >= 0.6 is 0 Å². The summed E-state index contributed by atoms with van der Waals surface area (Å²) in [5.41, 5.74) is 2.59. The van der Waals surface area contributed by atoms with E-state index < -0.39 is 0 Å². The second kappa shape index (κ2) is 5.13. The first-order valence-corrected chi connectivity index (χ1v) is 6.99. The zero-order chi connectivity index (χ0) is 11.5. The van der Waals surface area contributed by atoms with E-state index in [9.17, 15) is 0 Å². The van der Waals surface area contributed by atoms with Crippen LogP contribution in [0.2, 0.25) is 0 Å². The normalized spacial score (nSPS) is 21.9. The molecule has 0 atom stereocenters. The summed E-state index contributed by atoms with van der Waals surface area (Å²) in [6, 6.07) is 0. The van der Waals surface area contributed by atoms with Crippen molar-refractivity contribution >= 4 is 0 Å². The van der Waals surface area contributed by atoms with Gasteiger partial charge in [0.1, 0.15) is 5.82 Å². The maximum absolute atomic E-state index is 4.80. The van der Waals surface area contributed by atoms with E-state index in [1.165, 1.54) is 49.8 Å². The molecule has 0 radical (unpaired) electrons. The van der Waals surface area contributed by atoms with Crippen molar-refractivity contribution in [2.24, 2.45) is 0 Å². The maximum atomic E-state index is 4.80. The van der Waals surface area contributed by atoms with Crippen LogP contribution in [0.5, 0.6) is 0 Å². The first-order valence-electron chi connectivity index (χ1n) is 6.99. The van der Waals surface area contributed by atoms with Gasteiger partial charge >= 0.3 is 0 Å². The molecular formula is C14H21N3. The van der Waals surface area contributed by atoms with Gasteiger partial charge in [0.05, 0.1) is 5.69 Å². The highest BCUT2D eigenvalue weighted by Gasteiger charge is 2.19. The summed E-state index contributed by atoms with van der Waals surface area (Å²) in [5.74, 6) is 1.72. The number of hydrogen-bond donors (Lipinski definition) is 1. The van der Waals surface area contributed by atoms with E-state index in [-0.39, 0.29) is 0 Å². The lowest BCUT2D eigenvalue weighted by Gasteiger charge is -2.19. The Bertz CT molecular complexity index is 381. The standard InChI is InChI=1S/C14H21N3/c1-2-4-6-11(5-3-1)14-16-9-12-7-8-15-10-13(12)17-14/h9,11,15H,1-8,10H2. The summed E-state index contributed by atoms with van der Waals surface area (Å²) in [7, 11) is 0. The zero-order valence-corrected chi connectivity index (χ0v) is 10.4. The van der Waals surface area contributed by atoms with Gasteiger partial charge in [0.15, 0.2) is 0 Å². The fourth-order valence-electron chi connectivity index (χ4n) is 2.98. The molecule has 17 heavy (non-hydrogen) atoms. The molecule has 1 aromatic heterocycles. The highest BCUT2D eigenvalue weighted by Crippen LogP contribution is 2.30. The van der Waals surface area contributed by atoms with Crippen LogP contribution in [0.15, 0.2) is 6.20 Å². The van der Waals surface area contributed by atoms with Crippen LogP contribution in [-0.4, -0.2) is 16.5 Å². The van der Waals surface area contributed by atoms with Crippen LogP contribution in [0.3, 0.4) is 0 Å². The van der Waals surface area contributed by atoms with Gasteiger partial charge in [-0.1, -0.05) is 25.7 Å². The second-order valence-electron chi connectivity index (χ2n) is 5.32. The van der Waals surface area contributed by atoms with Crippen molar-refractivity contribution in [1.29, 1.82) is 0 Å². The zero-order valence-electron chi connectivity index (χ0n) is 10.4. The molecule has 2 heterocycles. The lowest BCUT2D eigenvalue weighted by atomic mass is 9.98. The topological polar surface area (TPSA) is 37.8 Å².